The lowest BCUT2D eigenvalue weighted by molar-refractivity contribution is 0.392. The summed E-state index contributed by atoms with van der Waals surface area (Å²) in [6.45, 7) is 0. The molecule has 0 aliphatic heterocycles. The number of pyridine rings is 1. The van der Waals surface area contributed by atoms with E-state index in [1.165, 1.54) is 0 Å². The van der Waals surface area contributed by atoms with Gasteiger partial charge in [0, 0.05) is 11.6 Å². The molecule has 0 aliphatic rings. The minimum atomic E-state index is 0.697. The standard InChI is InChI=1S/C23H18N2O2/c1-26-21-12-9-17(10-13-21)8-11-20-16-24-22-14-19(15-23(27-2)25(20)22)18-6-4-3-5-7-18/h3-7,9-10,12-16H,1-2H3. The molecule has 0 saturated carbocycles. The normalized spacial score (nSPS) is 10.3. The number of fused-ring (bicyclic) bond motifs is 1. The van der Waals surface area contributed by atoms with E-state index >= 15 is 0 Å². The van der Waals surface area contributed by atoms with Gasteiger partial charge >= 0.3 is 0 Å². The van der Waals surface area contributed by atoms with Crippen molar-refractivity contribution >= 4 is 5.65 Å². The van der Waals surface area contributed by atoms with E-state index in [1.54, 1.807) is 20.4 Å². The van der Waals surface area contributed by atoms with Gasteiger partial charge in [0.15, 0.2) is 0 Å². The second kappa shape index (κ2) is 7.27. The molecule has 0 bridgehead atoms. The lowest BCUT2D eigenvalue weighted by Gasteiger charge is -2.09. The van der Waals surface area contributed by atoms with Gasteiger partial charge in [0.2, 0.25) is 5.88 Å². The van der Waals surface area contributed by atoms with Gasteiger partial charge in [0.05, 0.1) is 20.4 Å². The molecule has 0 amide bonds. The summed E-state index contributed by atoms with van der Waals surface area (Å²) < 4.78 is 12.7. The molecule has 0 aliphatic carbocycles. The molecule has 2 heterocycles. The Hall–Kier alpha value is -3.71. The zero-order chi connectivity index (χ0) is 18.6. The van der Waals surface area contributed by atoms with Crippen LogP contribution in [0, 0.1) is 11.8 Å². The number of imidazole rings is 1. The van der Waals surface area contributed by atoms with Crippen molar-refractivity contribution in [2.45, 2.75) is 0 Å². The number of benzene rings is 2. The van der Waals surface area contributed by atoms with Gasteiger partial charge in [-0.15, -0.1) is 0 Å². The first-order chi connectivity index (χ1) is 13.3. The molecule has 2 aromatic carbocycles. The Morgan fingerprint density at radius 3 is 2.30 bits per heavy atom. The second-order valence-electron chi connectivity index (χ2n) is 5.97. The van der Waals surface area contributed by atoms with E-state index < -0.39 is 0 Å². The predicted molar refractivity (Wildman–Crippen MR) is 106 cm³/mol. The Kier molecular flexibility index (Phi) is 4.51. The fourth-order valence-corrected chi connectivity index (χ4v) is 2.92. The summed E-state index contributed by atoms with van der Waals surface area (Å²) >= 11 is 0. The first-order valence-corrected chi connectivity index (χ1v) is 8.55. The van der Waals surface area contributed by atoms with Gasteiger partial charge in [-0.1, -0.05) is 36.3 Å². The molecule has 0 atom stereocenters. The highest BCUT2D eigenvalue weighted by molar-refractivity contribution is 5.70. The summed E-state index contributed by atoms with van der Waals surface area (Å²) in [5.41, 5.74) is 4.66. The van der Waals surface area contributed by atoms with Crippen molar-refractivity contribution in [2.24, 2.45) is 0 Å². The van der Waals surface area contributed by atoms with Gasteiger partial charge in [-0.2, -0.15) is 0 Å². The lowest BCUT2D eigenvalue weighted by atomic mass is 10.1. The zero-order valence-electron chi connectivity index (χ0n) is 15.1. The van der Waals surface area contributed by atoms with Gasteiger partial charge in [-0.25, -0.2) is 4.98 Å². The molecule has 2 aromatic heterocycles. The third kappa shape index (κ3) is 3.36. The third-order valence-electron chi connectivity index (χ3n) is 4.31. The van der Waals surface area contributed by atoms with E-state index in [-0.39, 0.29) is 0 Å². The molecular weight excluding hydrogens is 336 g/mol. The summed E-state index contributed by atoms with van der Waals surface area (Å²) in [5, 5.41) is 0. The van der Waals surface area contributed by atoms with Crippen LogP contribution in [0.4, 0.5) is 0 Å². The van der Waals surface area contributed by atoms with Crippen LogP contribution >= 0.6 is 0 Å². The Labute approximate surface area is 158 Å². The van der Waals surface area contributed by atoms with Crippen LogP contribution in [0.1, 0.15) is 11.3 Å². The smallest absolute Gasteiger partial charge is 0.200 e. The molecule has 0 fully saturated rings. The highest BCUT2D eigenvalue weighted by atomic mass is 16.5. The van der Waals surface area contributed by atoms with Crippen molar-refractivity contribution in [3.63, 3.8) is 0 Å². The minimum absolute atomic E-state index is 0.697. The van der Waals surface area contributed by atoms with Crippen molar-refractivity contribution in [1.82, 2.24) is 9.38 Å². The number of ether oxygens (including phenoxy) is 2. The number of methoxy groups -OCH3 is 2. The van der Waals surface area contributed by atoms with Crippen LogP contribution in [0.3, 0.4) is 0 Å². The molecule has 4 rings (SSSR count). The van der Waals surface area contributed by atoms with Crippen molar-refractivity contribution in [3.8, 4) is 34.6 Å². The Balaban J connectivity index is 1.76. The van der Waals surface area contributed by atoms with Gasteiger partial charge in [0.25, 0.3) is 0 Å². The maximum atomic E-state index is 5.61. The molecule has 0 spiro atoms. The number of rotatable bonds is 3. The molecule has 4 heteroatoms. The summed E-state index contributed by atoms with van der Waals surface area (Å²) in [4.78, 5) is 4.51. The third-order valence-corrected chi connectivity index (χ3v) is 4.31. The molecule has 132 valence electrons. The lowest BCUT2D eigenvalue weighted by Crippen LogP contribution is -1.97. The van der Waals surface area contributed by atoms with Gasteiger partial charge in [0.1, 0.15) is 17.1 Å². The molecule has 0 radical (unpaired) electrons. The number of hydrogen-bond acceptors (Lipinski definition) is 3. The molecule has 4 nitrogen and oxygen atoms in total. The number of aromatic nitrogens is 2. The SMILES string of the molecule is COc1ccc(C#Cc2cnc3cc(-c4ccccc4)cc(OC)n23)cc1. The second-order valence-corrected chi connectivity index (χ2v) is 5.97. The highest BCUT2D eigenvalue weighted by Gasteiger charge is 2.10. The molecular formula is C23H18N2O2. The van der Waals surface area contributed by atoms with Gasteiger partial charge < -0.3 is 9.47 Å². The monoisotopic (exact) mass is 354 g/mol. The van der Waals surface area contributed by atoms with E-state index in [4.69, 9.17) is 9.47 Å². The van der Waals surface area contributed by atoms with Crippen LogP contribution in [-0.2, 0) is 0 Å². The molecule has 0 saturated heterocycles. The topological polar surface area (TPSA) is 35.8 Å². The number of hydrogen-bond donors (Lipinski definition) is 0. The first kappa shape index (κ1) is 16.7. The first-order valence-electron chi connectivity index (χ1n) is 8.55. The predicted octanol–water partition coefficient (Wildman–Crippen LogP) is 4.42. The zero-order valence-corrected chi connectivity index (χ0v) is 15.1. The Morgan fingerprint density at radius 2 is 1.59 bits per heavy atom. The van der Waals surface area contributed by atoms with Gasteiger partial charge in [-0.3, -0.25) is 4.40 Å². The number of nitrogens with zero attached hydrogens (tertiary/aromatic N) is 2. The van der Waals surface area contributed by atoms with E-state index in [1.807, 2.05) is 59.0 Å². The molecule has 0 unspecified atom stereocenters. The van der Waals surface area contributed by atoms with Gasteiger partial charge in [-0.05, 0) is 47.4 Å². The summed E-state index contributed by atoms with van der Waals surface area (Å²) in [7, 11) is 3.30. The highest BCUT2D eigenvalue weighted by Crippen LogP contribution is 2.27. The summed E-state index contributed by atoms with van der Waals surface area (Å²) in [6, 6.07) is 21.9. The van der Waals surface area contributed by atoms with Crippen LogP contribution in [-0.4, -0.2) is 23.6 Å². The largest absolute Gasteiger partial charge is 0.497 e. The van der Waals surface area contributed by atoms with Crippen molar-refractivity contribution in [3.05, 3.63) is 84.2 Å². The average molecular weight is 354 g/mol. The molecule has 4 aromatic rings. The van der Waals surface area contributed by atoms with E-state index in [0.717, 1.165) is 33.8 Å². The average Bonchev–Trinajstić information content (AvgIpc) is 3.15. The Bertz CT molecular complexity index is 1130. The van der Waals surface area contributed by atoms with E-state index in [9.17, 15) is 0 Å². The quantitative estimate of drug-likeness (QED) is 0.511. The minimum Gasteiger partial charge on any atom is -0.497 e. The molecule has 27 heavy (non-hydrogen) atoms. The maximum Gasteiger partial charge on any atom is 0.200 e. The van der Waals surface area contributed by atoms with Crippen LogP contribution < -0.4 is 9.47 Å². The van der Waals surface area contributed by atoms with Crippen LogP contribution in [0.15, 0.2) is 72.9 Å². The van der Waals surface area contributed by atoms with E-state index in [0.29, 0.717) is 5.88 Å². The van der Waals surface area contributed by atoms with Crippen molar-refractivity contribution < 1.29 is 9.47 Å². The summed E-state index contributed by atoms with van der Waals surface area (Å²) in [5.74, 6) is 7.86. The maximum absolute atomic E-state index is 5.61. The van der Waals surface area contributed by atoms with Crippen LogP contribution in [0.5, 0.6) is 11.6 Å². The fraction of sp³-hybridized carbons (Fsp3) is 0.0870. The van der Waals surface area contributed by atoms with E-state index in [2.05, 4.69) is 29.0 Å². The van der Waals surface area contributed by atoms with Crippen molar-refractivity contribution in [1.29, 1.82) is 0 Å². The van der Waals surface area contributed by atoms with Crippen molar-refractivity contribution in [2.75, 3.05) is 14.2 Å². The van der Waals surface area contributed by atoms with Crippen LogP contribution in [0.25, 0.3) is 16.8 Å². The molecule has 0 N–H and O–H groups in total. The Morgan fingerprint density at radius 1 is 0.815 bits per heavy atom. The fourth-order valence-electron chi connectivity index (χ4n) is 2.92. The summed E-state index contributed by atoms with van der Waals surface area (Å²) in [6.07, 6.45) is 1.77. The van der Waals surface area contributed by atoms with Crippen LogP contribution in [0.2, 0.25) is 0 Å².